The molecule has 0 unspecified atom stereocenters. The van der Waals surface area contributed by atoms with Crippen LogP contribution in [0.4, 0.5) is 4.79 Å². The van der Waals surface area contributed by atoms with Crippen LogP contribution in [0, 0.1) is 0 Å². The Labute approximate surface area is 120 Å². The summed E-state index contributed by atoms with van der Waals surface area (Å²) in [7, 11) is 0. The van der Waals surface area contributed by atoms with Crippen molar-refractivity contribution >= 4 is 18.0 Å². The molecule has 0 spiro atoms. The predicted molar refractivity (Wildman–Crippen MR) is 69.5 cm³/mol. The summed E-state index contributed by atoms with van der Waals surface area (Å²) in [6.45, 7) is 1.33. The molecular formula is C12H16N4O5. The van der Waals surface area contributed by atoms with Crippen molar-refractivity contribution in [2.24, 2.45) is 0 Å². The van der Waals surface area contributed by atoms with E-state index >= 15 is 0 Å². The Hall–Kier alpha value is -2.58. The van der Waals surface area contributed by atoms with Crippen molar-refractivity contribution in [1.29, 1.82) is 0 Å². The summed E-state index contributed by atoms with van der Waals surface area (Å²) in [6.07, 6.45) is 2.99. The van der Waals surface area contributed by atoms with E-state index in [1.165, 1.54) is 4.90 Å². The molecule has 9 nitrogen and oxygen atoms in total. The molecule has 1 aliphatic rings. The molecule has 0 aromatic carbocycles. The molecule has 2 rings (SSSR count). The molecule has 21 heavy (non-hydrogen) atoms. The summed E-state index contributed by atoms with van der Waals surface area (Å²) in [6, 6.07) is -1.74. The van der Waals surface area contributed by atoms with Gasteiger partial charge in [0.25, 0.3) is 0 Å². The van der Waals surface area contributed by atoms with Crippen LogP contribution in [0.3, 0.4) is 0 Å². The Bertz CT molecular complexity index is 556. The van der Waals surface area contributed by atoms with Gasteiger partial charge in [0.2, 0.25) is 0 Å². The number of hydrogen-bond acceptors (Lipinski definition) is 4. The van der Waals surface area contributed by atoms with Crippen molar-refractivity contribution in [2.75, 3.05) is 6.54 Å². The third-order valence-electron chi connectivity index (χ3n) is 3.27. The average Bonchev–Trinajstić information content (AvgIpc) is 2.89. The van der Waals surface area contributed by atoms with Gasteiger partial charge in [-0.3, -0.25) is 4.79 Å². The molecular weight excluding hydrogens is 280 g/mol. The number of aliphatic carboxylic acids is 2. The van der Waals surface area contributed by atoms with Crippen LogP contribution in [0.2, 0.25) is 0 Å². The molecule has 0 radical (unpaired) electrons. The van der Waals surface area contributed by atoms with Crippen molar-refractivity contribution in [2.45, 2.75) is 32.0 Å². The first-order valence-corrected chi connectivity index (χ1v) is 6.47. The van der Waals surface area contributed by atoms with Crippen LogP contribution in [0.5, 0.6) is 0 Å². The van der Waals surface area contributed by atoms with E-state index in [1.54, 1.807) is 6.20 Å². The number of amides is 2. The Balaban J connectivity index is 1.93. The standard InChI is InChI=1S/C12H16N4O5/c17-10(18)2-1-8(11(19)20)14-12(21)16-6-5-15-4-3-13-9(15)7-16/h3-4,8H,1-2,5-7H2,(H,14,21)(H,17,18)(H,19,20)/t8-/m0/s1. The molecule has 1 atom stereocenters. The maximum absolute atomic E-state index is 12.1. The van der Waals surface area contributed by atoms with E-state index in [2.05, 4.69) is 10.3 Å². The van der Waals surface area contributed by atoms with Gasteiger partial charge in [-0.2, -0.15) is 0 Å². The molecule has 1 aromatic heterocycles. The number of nitrogens with zero attached hydrogens (tertiary/aromatic N) is 3. The Morgan fingerprint density at radius 3 is 2.76 bits per heavy atom. The quantitative estimate of drug-likeness (QED) is 0.686. The number of nitrogens with one attached hydrogen (secondary N) is 1. The van der Waals surface area contributed by atoms with Gasteiger partial charge < -0.3 is 25.0 Å². The molecule has 1 aromatic rings. The van der Waals surface area contributed by atoms with Crippen molar-refractivity contribution in [3.63, 3.8) is 0 Å². The predicted octanol–water partition coefficient (Wildman–Crippen LogP) is -0.274. The van der Waals surface area contributed by atoms with Crippen LogP contribution < -0.4 is 5.32 Å². The fraction of sp³-hybridized carbons (Fsp3) is 0.500. The van der Waals surface area contributed by atoms with Gasteiger partial charge in [-0.25, -0.2) is 14.6 Å². The number of rotatable bonds is 5. The zero-order valence-electron chi connectivity index (χ0n) is 11.2. The van der Waals surface area contributed by atoms with Crippen molar-refractivity contribution in [3.8, 4) is 0 Å². The number of hydrogen-bond donors (Lipinski definition) is 3. The van der Waals surface area contributed by atoms with E-state index in [1.807, 2.05) is 10.8 Å². The first-order chi connectivity index (χ1) is 9.97. The lowest BCUT2D eigenvalue weighted by Crippen LogP contribution is -2.50. The molecule has 0 saturated carbocycles. The highest BCUT2D eigenvalue weighted by Crippen LogP contribution is 2.10. The summed E-state index contributed by atoms with van der Waals surface area (Å²) in [4.78, 5) is 39.2. The highest BCUT2D eigenvalue weighted by Gasteiger charge is 2.26. The molecule has 0 saturated heterocycles. The maximum atomic E-state index is 12.1. The lowest BCUT2D eigenvalue weighted by Gasteiger charge is -2.29. The number of carboxylic acids is 2. The monoisotopic (exact) mass is 296 g/mol. The lowest BCUT2D eigenvalue weighted by molar-refractivity contribution is -0.140. The van der Waals surface area contributed by atoms with Crippen LogP contribution in [0.1, 0.15) is 18.7 Å². The lowest BCUT2D eigenvalue weighted by atomic mass is 10.1. The molecule has 2 heterocycles. The molecule has 114 valence electrons. The number of carbonyl (C=O) groups excluding carboxylic acids is 1. The summed E-state index contributed by atoms with van der Waals surface area (Å²) in [5.41, 5.74) is 0. The largest absolute Gasteiger partial charge is 0.481 e. The Kier molecular flexibility index (Phi) is 4.41. The van der Waals surface area contributed by atoms with Crippen LogP contribution in [0.25, 0.3) is 0 Å². The summed E-state index contributed by atoms with van der Waals surface area (Å²) < 4.78 is 1.92. The SMILES string of the molecule is O=C(O)CC[C@H](NC(=O)N1CCn2ccnc2C1)C(=O)O. The minimum absolute atomic E-state index is 0.154. The third-order valence-corrected chi connectivity index (χ3v) is 3.27. The van der Waals surface area contributed by atoms with Crippen molar-refractivity contribution < 1.29 is 24.6 Å². The molecule has 9 heteroatoms. The van der Waals surface area contributed by atoms with Gasteiger partial charge in [-0.1, -0.05) is 0 Å². The fourth-order valence-electron chi connectivity index (χ4n) is 2.11. The van der Waals surface area contributed by atoms with Crippen LogP contribution >= 0.6 is 0 Å². The van der Waals surface area contributed by atoms with Gasteiger partial charge in [0.05, 0.1) is 6.54 Å². The first-order valence-electron chi connectivity index (χ1n) is 6.47. The highest BCUT2D eigenvalue weighted by atomic mass is 16.4. The topological polar surface area (TPSA) is 125 Å². The van der Waals surface area contributed by atoms with Crippen LogP contribution in [-0.4, -0.2) is 55.2 Å². The molecule has 3 N–H and O–H groups in total. The van der Waals surface area contributed by atoms with Gasteiger partial charge in [0, 0.05) is 31.9 Å². The smallest absolute Gasteiger partial charge is 0.326 e. The van der Waals surface area contributed by atoms with Gasteiger partial charge in [0.15, 0.2) is 0 Å². The molecule has 0 fully saturated rings. The number of urea groups is 1. The van der Waals surface area contributed by atoms with Crippen molar-refractivity contribution in [1.82, 2.24) is 19.8 Å². The van der Waals surface area contributed by atoms with E-state index in [9.17, 15) is 14.4 Å². The molecule has 2 amide bonds. The number of carboxylic acid groups (broad SMARTS) is 2. The molecule has 0 aliphatic carbocycles. The summed E-state index contributed by atoms with van der Waals surface area (Å²) in [5.74, 6) is -1.62. The zero-order chi connectivity index (χ0) is 15.4. The normalized spacial score (nSPS) is 15.1. The average molecular weight is 296 g/mol. The van der Waals surface area contributed by atoms with Gasteiger partial charge >= 0.3 is 18.0 Å². The summed E-state index contributed by atoms with van der Waals surface area (Å²) in [5, 5.41) is 20.0. The second-order valence-electron chi connectivity index (χ2n) is 4.73. The minimum atomic E-state index is -1.25. The van der Waals surface area contributed by atoms with Gasteiger partial charge in [-0.15, -0.1) is 0 Å². The van der Waals surface area contributed by atoms with E-state index in [0.717, 1.165) is 5.82 Å². The third kappa shape index (κ3) is 3.71. The van der Waals surface area contributed by atoms with Gasteiger partial charge in [-0.05, 0) is 6.42 Å². The maximum Gasteiger partial charge on any atom is 0.326 e. The minimum Gasteiger partial charge on any atom is -0.481 e. The number of imidazole rings is 1. The number of carbonyl (C=O) groups is 3. The fourth-order valence-corrected chi connectivity index (χ4v) is 2.11. The van der Waals surface area contributed by atoms with E-state index in [-0.39, 0.29) is 12.8 Å². The van der Waals surface area contributed by atoms with E-state index in [4.69, 9.17) is 10.2 Å². The Morgan fingerprint density at radius 2 is 2.10 bits per heavy atom. The molecule has 1 aliphatic heterocycles. The first kappa shape index (κ1) is 14.8. The highest BCUT2D eigenvalue weighted by molar-refractivity contribution is 5.83. The number of fused-ring (bicyclic) bond motifs is 1. The number of aromatic nitrogens is 2. The van der Waals surface area contributed by atoms with E-state index < -0.39 is 24.0 Å². The van der Waals surface area contributed by atoms with E-state index in [0.29, 0.717) is 19.6 Å². The zero-order valence-corrected chi connectivity index (χ0v) is 11.2. The van der Waals surface area contributed by atoms with Crippen molar-refractivity contribution in [3.05, 3.63) is 18.2 Å². The van der Waals surface area contributed by atoms with Crippen LogP contribution in [-0.2, 0) is 22.7 Å². The second-order valence-corrected chi connectivity index (χ2v) is 4.73. The Morgan fingerprint density at radius 1 is 1.33 bits per heavy atom. The van der Waals surface area contributed by atoms with Crippen LogP contribution in [0.15, 0.2) is 12.4 Å². The van der Waals surface area contributed by atoms with Gasteiger partial charge in [0.1, 0.15) is 11.9 Å². The summed E-state index contributed by atoms with van der Waals surface area (Å²) >= 11 is 0. The second kappa shape index (κ2) is 6.25. The molecule has 0 bridgehead atoms.